The second kappa shape index (κ2) is 7.54. The first kappa shape index (κ1) is 14.4. The minimum atomic E-state index is -0.120. The average Bonchev–Trinajstić information content (AvgIpc) is 2.49. The van der Waals surface area contributed by atoms with E-state index in [-0.39, 0.29) is 6.61 Å². The van der Waals surface area contributed by atoms with Crippen molar-refractivity contribution in [2.45, 2.75) is 6.92 Å². The van der Waals surface area contributed by atoms with Crippen molar-refractivity contribution in [3.63, 3.8) is 0 Å². The Morgan fingerprint density at radius 3 is 2.65 bits per heavy atom. The van der Waals surface area contributed by atoms with E-state index in [9.17, 15) is 0 Å². The van der Waals surface area contributed by atoms with Gasteiger partial charge in [0.15, 0.2) is 0 Å². The lowest BCUT2D eigenvalue weighted by Crippen LogP contribution is -2.06. The lowest BCUT2D eigenvalue weighted by atomic mass is 10.1. The van der Waals surface area contributed by atoms with Gasteiger partial charge in [-0.25, -0.2) is 0 Å². The molecule has 0 radical (unpaired) electrons. The Kier molecular flexibility index (Phi) is 5.43. The van der Waals surface area contributed by atoms with Crippen molar-refractivity contribution >= 4 is 10.8 Å². The zero-order chi connectivity index (χ0) is 14.2. The molecule has 0 heterocycles. The van der Waals surface area contributed by atoms with Crippen LogP contribution in [-0.2, 0) is 4.74 Å². The molecule has 0 saturated heterocycles. The summed E-state index contributed by atoms with van der Waals surface area (Å²) < 4.78 is 10.9. The summed E-state index contributed by atoms with van der Waals surface area (Å²) >= 11 is 0. The molecule has 3 nitrogen and oxygen atoms in total. The summed E-state index contributed by atoms with van der Waals surface area (Å²) in [6.45, 7) is 3.71. The van der Waals surface area contributed by atoms with Gasteiger partial charge in [-0.3, -0.25) is 0 Å². The van der Waals surface area contributed by atoms with Crippen molar-refractivity contribution in [1.82, 2.24) is 0 Å². The van der Waals surface area contributed by atoms with Crippen LogP contribution in [0.2, 0.25) is 0 Å². The van der Waals surface area contributed by atoms with E-state index in [1.807, 2.05) is 43.3 Å². The summed E-state index contributed by atoms with van der Waals surface area (Å²) in [7, 11) is 0. The average molecular weight is 270 g/mol. The first-order chi connectivity index (χ1) is 9.83. The molecule has 0 fully saturated rings. The van der Waals surface area contributed by atoms with Crippen LogP contribution >= 0.6 is 0 Å². The van der Waals surface area contributed by atoms with Crippen molar-refractivity contribution in [3.05, 3.63) is 42.0 Å². The Labute approximate surface area is 119 Å². The Balaban J connectivity index is 2.10. The SMILES string of the molecule is CCOCCOc1ccc2cc(C#CCO)ccc2c1. The molecule has 2 aromatic carbocycles. The van der Waals surface area contributed by atoms with Crippen LogP contribution in [0.5, 0.6) is 5.75 Å². The highest BCUT2D eigenvalue weighted by Gasteiger charge is 1.99. The van der Waals surface area contributed by atoms with Crippen molar-refractivity contribution in [3.8, 4) is 17.6 Å². The Hall–Kier alpha value is -2.02. The van der Waals surface area contributed by atoms with Crippen LogP contribution in [0.25, 0.3) is 10.8 Å². The van der Waals surface area contributed by atoms with Gasteiger partial charge in [0.05, 0.1) is 6.61 Å². The molecular weight excluding hydrogens is 252 g/mol. The second-order valence-corrected chi connectivity index (χ2v) is 4.23. The fourth-order valence-corrected chi connectivity index (χ4v) is 1.90. The fraction of sp³-hybridized carbons (Fsp3) is 0.294. The van der Waals surface area contributed by atoms with Crippen molar-refractivity contribution in [1.29, 1.82) is 0 Å². The molecule has 104 valence electrons. The number of aliphatic hydroxyl groups is 1. The molecule has 0 aliphatic carbocycles. The molecule has 0 bridgehead atoms. The summed E-state index contributed by atoms with van der Waals surface area (Å²) in [4.78, 5) is 0. The minimum absolute atomic E-state index is 0.120. The summed E-state index contributed by atoms with van der Waals surface area (Å²) in [6, 6.07) is 11.9. The second-order valence-electron chi connectivity index (χ2n) is 4.23. The molecule has 1 N–H and O–H groups in total. The van der Waals surface area contributed by atoms with Crippen LogP contribution < -0.4 is 4.74 Å². The molecule has 2 rings (SSSR count). The maximum Gasteiger partial charge on any atom is 0.120 e. The number of fused-ring (bicyclic) bond motifs is 1. The summed E-state index contributed by atoms with van der Waals surface area (Å²) in [5.41, 5.74) is 0.900. The Morgan fingerprint density at radius 1 is 1.05 bits per heavy atom. The normalized spacial score (nSPS) is 10.1. The molecule has 3 heteroatoms. The van der Waals surface area contributed by atoms with Crippen LogP contribution in [0.3, 0.4) is 0 Å². The third kappa shape index (κ3) is 3.99. The standard InChI is InChI=1S/C17H18O3/c1-2-19-10-11-20-17-8-7-15-12-14(4-3-9-18)5-6-16(15)13-17/h5-8,12-13,18H,2,9-11H2,1H3. The quantitative estimate of drug-likeness (QED) is 0.670. The van der Waals surface area contributed by atoms with Gasteiger partial charge in [0, 0.05) is 12.2 Å². The number of hydrogen-bond donors (Lipinski definition) is 1. The molecular formula is C17H18O3. The molecule has 0 aromatic heterocycles. The molecule has 0 amide bonds. The highest BCUT2D eigenvalue weighted by Crippen LogP contribution is 2.21. The van der Waals surface area contributed by atoms with E-state index >= 15 is 0 Å². The monoisotopic (exact) mass is 270 g/mol. The number of ether oxygens (including phenoxy) is 2. The molecule has 0 unspecified atom stereocenters. The third-order valence-corrected chi connectivity index (χ3v) is 2.82. The molecule has 0 spiro atoms. The van der Waals surface area contributed by atoms with Gasteiger partial charge < -0.3 is 14.6 Å². The van der Waals surface area contributed by atoms with Crippen molar-refractivity contribution in [2.75, 3.05) is 26.4 Å². The highest BCUT2D eigenvalue weighted by molar-refractivity contribution is 5.85. The predicted molar refractivity (Wildman–Crippen MR) is 79.9 cm³/mol. The number of hydrogen-bond acceptors (Lipinski definition) is 3. The van der Waals surface area contributed by atoms with Crippen molar-refractivity contribution < 1.29 is 14.6 Å². The largest absolute Gasteiger partial charge is 0.491 e. The van der Waals surface area contributed by atoms with Crippen LogP contribution in [-0.4, -0.2) is 31.5 Å². The van der Waals surface area contributed by atoms with E-state index in [2.05, 4.69) is 11.8 Å². The number of rotatable bonds is 5. The molecule has 20 heavy (non-hydrogen) atoms. The van der Waals surface area contributed by atoms with Gasteiger partial charge in [0.25, 0.3) is 0 Å². The lowest BCUT2D eigenvalue weighted by molar-refractivity contribution is 0.110. The van der Waals surface area contributed by atoms with Gasteiger partial charge in [-0.1, -0.05) is 24.0 Å². The zero-order valence-electron chi connectivity index (χ0n) is 11.6. The highest BCUT2D eigenvalue weighted by atomic mass is 16.5. The Morgan fingerprint density at radius 2 is 1.85 bits per heavy atom. The van der Waals surface area contributed by atoms with Crippen LogP contribution in [0.4, 0.5) is 0 Å². The summed E-state index contributed by atoms with van der Waals surface area (Å²) in [6.07, 6.45) is 0. The minimum Gasteiger partial charge on any atom is -0.491 e. The Bertz CT molecular complexity index is 623. The van der Waals surface area contributed by atoms with Gasteiger partial charge in [0.1, 0.15) is 19.0 Å². The molecule has 0 atom stereocenters. The van der Waals surface area contributed by atoms with E-state index in [0.29, 0.717) is 19.8 Å². The van der Waals surface area contributed by atoms with Crippen LogP contribution in [0.15, 0.2) is 36.4 Å². The number of aliphatic hydroxyl groups excluding tert-OH is 1. The van der Waals surface area contributed by atoms with E-state index in [1.165, 1.54) is 0 Å². The third-order valence-electron chi connectivity index (χ3n) is 2.82. The van der Waals surface area contributed by atoms with Gasteiger partial charge in [-0.2, -0.15) is 0 Å². The van der Waals surface area contributed by atoms with Crippen LogP contribution in [0.1, 0.15) is 12.5 Å². The maximum atomic E-state index is 8.70. The maximum absolute atomic E-state index is 8.70. The van der Waals surface area contributed by atoms with E-state index in [1.54, 1.807) is 0 Å². The van der Waals surface area contributed by atoms with Gasteiger partial charge in [-0.05, 0) is 42.0 Å². The van der Waals surface area contributed by atoms with E-state index < -0.39 is 0 Å². The van der Waals surface area contributed by atoms with Crippen LogP contribution in [0, 0.1) is 11.8 Å². The topological polar surface area (TPSA) is 38.7 Å². The number of benzene rings is 2. The predicted octanol–water partition coefficient (Wildman–Crippen LogP) is 2.60. The summed E-state index contributed by atoms with van der Waals surface area (Å²) in [5.74, 6) is 6.39. The molecule has 2 aromatic rings. The van der Waals surface area contributed by atoms with E-state index in [0.717, 1.165) is 22.1 Å². The zero-order valence-corrected chi connectivity index (χ0v) is 11.6. The summed E-state index contributed by atoms with van der Waals surface area (Å²) in [5, 5.41) is 10.9. The first-order valence-electron chi connectivity index (χ1n) is 6.67. The van der Waals surface area contributed by atoms with Gasteiger partial charge in [0.2, 0.25) is 0 Å². The molecule has 0 aliphatic rings. The lowest BCUT2D eigenvalue weighted by Gasteiger charge is -2.07. The first-order valence-corrected chi connectivity index (χ1v) is 6.67. The van der Waals surface area contributed by atoms with Gasteiger partial charge >= 0.3 is 0 Å². The fourth-order valence-electron chi connectivity index (χ4n) is 1.90. The van der Waals surface area contributed by atoms with Gasteiger partial charge in [-0.15, -0.1) is 0 Å². The van der Waals surface area contributed by atoms with Crippen molar-refractivity contribution in [2.24, 2.45) is 0 Å². The molecule has 0 saturated carbocycles. The van der Waals surface area contributed by atoms with E-state index in [4.69, 9.17) is 14.6 Å². The molecule has 0 aliphatic heterocycles. The smallest absolute Gasteiger partial charge is 0.120 e.